The van der Waals surface area contributed by atoms with E-state index in [1.807, 2.05) is 0 Å². The van der Waals surface area contributed by atoms with Crippen molar-refractivity contribution in [1.29, 1.82) is 5.26 Å². The van der Waals surface area contributed by atoms with Crippen molar-refractivity contribution in [3.05, 3.63) is 11.3 Å². The molecule has 0 fully saturated rings. The van der Waals surface area contributed by atoms with Crippen molar-refractivity contribution in [2.45, 2.75) is 6.92 Å². The lowest BCUT2D eigenvalue weighted by Crippen LogP contribution is -2.29. The minimum Gasteiger partial charge on any atom is -0.360 e. The summed E-state index contributed by atoms with van der Waals surface area (Å²) in [6.07, 6.45) is 0. The minimum atomic E-state index is -0.0530. The Morgan fingerprint density at radius 3 is 2.75 bits per heavy atom. The molecular weight excluding hydrogens is 206 g/mol. The van der Waals surface area contributed by atoms with Gasteiger partial charge in [0.05, 0.1) is 12.2 Å². The summed E-state index contributed by atoms with van der Waals surface area (Å²) in [6.45, 7) is 1.91. The summed E-state index contributed by atoms with van der Waals surface area (Å²) in [6, 6.07) is 2.07. The van der Waals surface area contributed by atoms with Crippen molar-refractivity contribution in [3.63, 3.8) is 0 Å². The maximum Gasteiger partial charge on any atom is 0.241 e. The molecule has 1 amide bonds. The van der Waals surface area contributed by atoms with Gasteiger partial charge in [-0.1, -0.05) is 0 Å². The van der Waals surface area contributed by atoms with Crippen LogP contribution in [0.2, 0.25) is 0 Å². The zero-order chi connectivity index (χ0) is 12.3. The molecule has 1 aromatic rings. The van der Waals surface area contributed by atoms with E-state index in [1.54, 1.807) is 32.7 Å². The van der Waals surface area contributed by atoms with E-state index < -0.39 is 0 Å². The molecule has 86 valence electrons. The fourth-order valence-corrected chi connectivity index (χ4v) is 1.31. The normalized spacial score (nSPS) is 9.69. The monoisotopic (exact) mass is 221 g/mol. The number of nitrogens with one attached hydrogen (secondary N) is 1. The highest BCUT2D eigenvalue weighted by atomic mass is 16.2. The van der Waals surface area contributed by atoms with Gasteiger partial charge in [0.2, 0.25) is 5.91 Å². The van der Waals surface area contributed by atoms with Crippen molar-refractivity contribution in [2.24, 2.45) is 7.05 Å². The molecule has 0 bridgehead atoms. The lowest BCUT2D eigenvalue weighted by Gasteiger charge is -2.11. The molecule has 6 nitrogen and oxygen atoms in total. The first-order chi connectivity index (χ1) is 7.47. The second-order valence-electron chi connectivity index (χ2n) is 3.69. The molecule has 1 aromatic heterocycles. The summed E-state index contributed by atoms with van der Waals surface area (Å²) in [5, 5.41) is 16.0. The Morgan fingerprint density at radius 2 is 2.25 bits per heavy atom. The summed E-state index contributed by atoms with van der Waals surface area (Å²) < 4.78 is 1.57. The molecule has 1 rings (SSSR count). The van der Waals surface area contributed by atoms with Gasteiger partial charge in [-0.3, -0.25) is 9.48 Å². The first kappa shape index (κ1) is 12.0. The summed E-state index contributed by atoms with van der Waals surface area (Å²) >= 11 is 0. The Morgan fingerprint density at radius 1 is 1.62 bits per heavy atom. The first-order valence-electron chi connectivity index (χ1n) is 4.85. The van der Waals surface area contributed by atoms with E-state index in [0.29, 0.717) is 17.1 Å². The topological polar surface area (TPSA) is 74.0 Å². The Kier molecular flexibility index (Phi) is 3.51. The quantitative estimate of drug-likeness (QED) is 0.785. The molecule has 1 N–H and O–H groups in total. The van der Waals surface area contributed by atoms with E-state index in [1.165, 1.54) is 4.90 Å². The van der Waals surface area contributed by atoms with Gasteiger partial charge in [-0.2, -0.15) is 10.4 Å². The summed E-state index contributed by atoms with van der Waals surface area (Å²) in [5.41, 5.74) is 1.14. The van der Waals surface area contributed by atoms with E-state index in [-0.39, 0.29) is 12.5 Å². The number of nitriles is 1. The first-order valence-corrected chi connectivity index (χ1v) is 4.85. The Bertz CT molecular complexity index is 441. The van der Waals surface area contributed by atoms with Crippen LogP contribution in [0.4, 0.5) is 5.82 Å². The van der Waals surface area contributed by atoms with Crippen molar-refractivity contribution < 1.29 is 4.79 Å². The van der Waals surface area contributed by atoms with Gasteiger partial charge in [-0.05, 0) is 6.92 Å². The number of carbonyl (C=O) groups excluding carboxylic acids is 1. The highest BCUT2D eigenvalue weighted by molar-refractivity contribution is 5.80. The Balaban J connectivity index is 2.82. The van der Waals surface area contributed by atoms with E-state index in [9.17, 15) is 4.79 Å². The number of amides is 1. The molecule has 0 saturated heterocycles. The highest BCUT2D eigenvalue weighted by Crippen LogP contribution is 2.16. The summed E-state index contributed by atoms with van der Waals surface area (Å²) in [7, 11) is 5.10. The standard InChI is InChI=1S/C10H15N5O/c1-7-8(5-11)10(15(4)13-7)12-6-9(16)14(2)3/h12H,6H2,1-4H3. The molecule has 0 atom stereocenters. The van der Waals surface area contributed by atoms with Crippen LogP contribution in [0, 0.1) is 18.3 Å². The molecule has 6 heteroatoms. The fourth-order valence-electron chi connectivity index (χ4n) is 1.31. The second kappa shape index (κ2) is 4.66. The predicted octanol–water partition coefficient (Wildman–Crippen LogP) is 0.100. The summed E-state index contributed by atoms with van der Waals surface area (Å²) in [4.78, 5) is 12.9. The largest absolute Gasteiger partial charge is 0.360 e. The van der Waals surface area contributed by atoms with E-state index in [4.69, 9.17) is 5.26 Å². The number of likely N-dealkylation sites (N-methyl/N-ethyl adjacent to an activating group) is 1. The highest BCUT2D eigenvalue weighted by Gasteiger charge is 2.13. The Labute approximate surface area is 94.5 Å². The van der Waals surface area contributed by atoms with Crippen molar-refractivity contribution in [2.75, 3.05) is 26.0 Å². The number of anilines is 1. The SMILES string of the molecule is Cc1nn(C)c(NCC(=O)N(C)C)c1C#N. The van der Waals surface area contributed by atoms with Gasteiger partial charge in [0.1, 0.15) is 17.5 Å². The number of rotatable bonds is 3. The van der Waals surface area contributed by atoms with Crippen LogP contribution in [0.25, 0.3) is 0 Å². The number of aryl methyl sites for hydroxylation is 2. The van der Waals surface area contributed by atoms with Crippen LogP contribution in [0.5, 0.6) is 0 Å². The number of nitrogens with zero attached hydrogens (tertiary/aromatic N) is 4. The number of carbonyl (C=O) groups is 1. The minimum absolute atomic E-state index is 0.0530. The van der Waals surface area contributed by atoms with Crippen LogP contribution < -0.4 is 5.32 Å². The van der Waals surface area contributed by atoms with Crippen LogP contribution in [-0.2, 0) is 11.8 Å². The maximum absolute atomic E-state index is 11.4. The second-order valence-corrected chi connectivity index (χ2v) is 3.69. The third kappa shape index (κ3) is 2.31. The average molecular weight is 221 g/mol. The molecule has 1 heterocycles. The third-order valence-electron chi connectivity index (χ3n) is 2.24. The molecule has 16 heavy (non-hydrogen) atoms. The van der Waals surface area contributed by atoms with Crippen LogP contribution in [0.1, 0.15) is 11.3 Å². The van der Waals surface area contributed by atoms with Crippen LogP contribution >= 0.6 is 0 Å². The molecule has 0 spiro atoms. The van der Waals surface area contributed by atoms with Crippen LogP contribution in [0.3, 0.4) is 0 Å². The van der Waals surface area contributed by atoms with Crippen molar-refractivity contribution in [1.82, 2.24) is 14.7 Å². The molecular formula is C10H15N5O. The van der Waals surface area contributed by atoms with E-state index >= 15 is 0 Å². The van der Waals surface area contributed by atoms with Gasteiger partial charge in [-0.25, -0.2) is 0 Å². The van der Waals surface area contributed by atoms with E-state index in [0.717, 1.165) is 0 Å². The van der Waals surface area contributed by atoms with Crippen molar-refractivity contribution >= 4 is 11.7 Å². The van der Waals surface area contributed by atoms with Gasteiger partial charge in [-0.15, -0.1) is 0 Å². The van der Waals surface area contributed by atoms with Crippen LogP contribution in [0.15, 0.2) is 0 Å². The average Bonchev–Trinajstić information content (AvgIpc) is 2.48. The molecule has 0 aliphatic heterocycles. The molecule has 0 saturated carbocycles. The lowest BCUT2D eigenvalue weighted by molar-refractivity contribution is -0.126. The van der Waals surface area contributed by atoms with Gasteiger partial charge in [0, 0.05) is 21.1 Å². The van der Waals surface area contributed by atoms with Gasteiger partial charge < -0.3 is 10.2 Å². The number of hydrogen-bond acceptors (Lipinski definition) is 4. The lowest BCUT2D eigenvalue weighted by atomic mass is 10.2. The van der Waals surface area contributed by atoms with Gasteiger partial charge in [0.25, 0.3) is 0 Å². The zero-order valence-electron chi connectivity index (χ0n) is 9.90. The molecule has 0 radical (unpaired) electrons. The van der Waals surface area contributed by atoms with Gasteiger partial charge in [0.15, 0.2) is 0 Å². The number of hydrogen-bond donors (Lipinski definition) is 1. The van der Waals surface area contributed by atoms with Gasteiger partial charge >= 0.3 is 0 Å². The van der Waals surface area contributed by atoms with E-state index in [2.05, 4.69) is 16.5 Å². The van der Waals surface area contributed by atoms with Crippen molar-refractivity contribution in [3.8, 4) is 6.07 Å². The molecule has 0 aromatic carbocycles. The summed E-state index contributed by atoms with van der Waals surface area (Å²) in [5.74, 6) is 0.526. The third-order valence-corrected chi connectivity index (χ3v) is 2.24. The molecule has 0 aliphatic rings. The molecule has 0 aliphatic carbocycles. The zero-order valence-corrected chi connectivity index (χ0v) is 9.90. The Hall–Kier alpha value is -2.03. The van der Waals surface area contributed by atoms with Crippen LogP contribution in [-0.4, -0.2) is 41.2 Å². The molecule has 0 unspecified atom stereocenters. The maximum atomic E-state index is 11.4. The fraction of sp³-hybridized carbons (Fsp3) is 0.500. The predicted molar refractivity (Wildman–Crippen MR) is 59.8 cm³/mol. The number of aromatic nitrogens is 2. The smallest absolute Gasteiger partial charge is 0.241 e.